The number of hydrogen-bond acceptors (Lipinski definition) is 2. The van der Waals surface area contributed by atoms with E-state index in [0.717, 1.165) is 22.7 Å². The summed E-state index contributed by atoms with van der Waals surface area (Å²) in [6.45, 7) is 8.50. The number of aromatic amines is 1. The van der Waals surface area contributed by atoms with E-state index in [9.17, 15) is 0 Å². The maximum Gasteiger partial charge on any atom is 0.134 e. The van der Waals surface area contributed by atoms with Crippen molar-refractivity contribution in [2.45, 2.75) is 33.1 Å². The molecule has 20 heavy (non-hydrogen) atoms. The van der Waals surface area contributed by atoms with E-state index in [0.29, 0.717) is 0 Å². The van der Waals surface area contributed by atoms with Gasteiger partial charge < -0.3 is 4.98 Å². The maximum atomic E-state index is 4.70. The number of fused-ring (bicyclic) bond motifs is 1. The van der Waals surface area contributed by atoms with E-state index < -0.39 is 0 Å². The quantitative estimate of drug-likeness (QED) is 0.715. The number of aryl methyl sites for hydroxylation is 1. The molecule has 0 aliphatic rings. The standard InChI is InChI=1S/C17H19N3/c1-11-6-5-7-13-12(11)10-15(19-13)14-8-9-18-16(20-14)17(2,3)4/h5-10,19H,1-4H3. The molecule has 0 aliphatic heterocycles. The summed E-state index contributed by atoms with van der Waals surface area (Å²) in [5.74, 6) is 0.866. The molecule has 102 valence electrons. The first-order valence-corrected chi connectivity index (χ1v) is 6.87. The van der Waals surface area contributed by atoms with Crippen molar-refractivity contribution in [1.82, 2.24) is 15.0 Å². The smallest absolute Gasteiger partial charge is 0.134 e. The monoisotopic (exact) mass is 265 g/mol. The third kappa shape index (κ3) is 2.20. The van der Waals surface area contributed by atoms with Crippen molar-refractivity contribution in [2.24, 2.45) is 0 Å². The zero-order valence-electron chi connectivity index (χ0n) is 12.4. The van der Waals surface area contributed by atoms with Gasteiger partial charge in [-0.15, -0.1) is 0 Å². The predicted octanol–water partition coefficient (Wildman–Crippen LogP) is 4.23. The van der Waals surface area contributed by atoms with Gasteiger partial charge in [-0.2, -0.15) is 0 Å². The summed E-state index contributed by atoms with van der Waals surface area (Å²) in [5.41, 5.74) is 4.37. The molecule has 1 aromatic carbocycles. The van der Waals surface area contributed by atoms with Gasteiger partial charge in [0.05, 0.1) is 11.4 Å². The number of rotatable bonds is 1. The van der Waals surface area contributed by atoms with E-state index in [2.05, 4.69) is 61.9 Å². The normalized spacial score (nSPS) is 12.0. The first-order chi connectivity index (χ1) is 9.45. The second kappa shape index (κ2) is 4.44. The van der Waals surface area contributed by atoms with Gasteiger partial charge in [-0.1, -0.05) is 32.9 Å². The Morgan fingerprint density at radius 3 is 2.60 bits per heavy atom. The first kappa shape index (κ1) is 12.9. The highest BCUT2D eigenvalue weighted by atomic mass is 14.9. The average Bonchev–Trinajstić information content (AvgIpc) is 2.83. The Labute approximate surface area is 119 Å². The van der Waals surface area contributed by atoms with Crippen LogP contribution in [0.2, 0.25) is 0 Å². The molecule has 0 bridgehead atoms. The molecule has 2 heterocycles. The number of nitrogens with zero attached hydrogens (tertiary/aromatic N) is 2. The topological polar surface area (TPSA) is 41.6 Å². The second-order valence-electron chi connectivity index (χ2n) is 6.23. The summed E-state index contributed by atoms with van der Waals surface area (Å²) in [7, 11) is 0. The lowest BCUT2D eigenvalue weighted by molar-refractivity contribution is 0.546. The Kier molecular flexibility index (Phi) is 2.85. The molecule has 1 N–H and O–H groups in total. The minimum atomic E-state index is -0.0437. The van der Waals surface area contributed by atoms with Crippen LogP contribution in [0.1, 0.15) is 32.2 Å². The molecule has 0 atom stereocenters. The fourth-order valence-corrected chi connectivity index (χ4v) is 2.31. The van der Waals surface area contributed by atoms with Crippen LogP contribution in [0.5, 0.6) is 0 Å². The zero-order chi connectivity index (χ0) is 14.3. The summed E-state index contributed by atoms with van der Waals surface area (Å²) in [6.07, 6.45) is 1.83. The van der Waals surface area contributed by atoms with Gasteiger partial charge in [-0.25, -0.2) is 9.97 Å². The molecule has 0 unspecified atom stereocenters. The molecule has 3 aromatic rings. The molecule has 3 heteroatoms. The predicted molar refractivity (Wildman–Crippen MR) is 82.8 cm³/mol. The minimum Gasteiger partial charge on any atom is -0.353 e. The van der Waals surface area contributed by atoms with E-state index in [1.165, 1.54) is 10.9 Å². The lowest BCUT2D eigenvalue weighted by atomic mass is 9.95. The third-order valence-corrected chi connectivity index (χ3v) is 3.48. The van der Waals surface area contributed by atoms with Crippen LogP contribution in [0.3, 0.4) is 0 Å². The molecule has 0 radical (unpaired) electrons. The summed E-state index contributed by atoms with van der Waals surface area (Å²) >= 11 is 0. The minimum absolute atomic E-state index is 0.0437. The lowest BCUT2D eigenvalue weighted by Crippen LogP contribution is -2.15. The van der Waals surface area contributed by atoms with Gasteiger partial charge >= 0.3 is 0 Å². The van der Waals surface area contributed by atoms with Crippen molar-refractivity contribution >= 4 is 10.9 Å². The Hall–Kier alpha value is -2.16. The highest BCUT2D eigenvalue weighted by Crippen LogP contribution is 2.26. The first-order valence-electron chi connectivity index (χ1n) is 6.87. The van der Waals surface area contributed by atoms with Crippen LogP contribution in [0.25, 0.3) is 22.3 Å². The van der Waals surface area contributed by atoms with E-state index in [4.69, 9.17) is 4.98 Å². The number of nitrogens with one attached hydrogen (secondary N) is 1. The highest BCUT2D eigenvalue weighted by Gasteiger charge is 2.18. The largest absolute Gasteiger partial charge is 0.353 e. The van der Waals surface area contributed by atoms with Crippen molar-refractivity contribution in [3.05, 3.63) is 47.9 Å². The van der Waals surface area contributed by atoms with Crippen LogP contribution < -0.4 is 0 Å². The van der Waals surface area contributed by atoms with Crippen LogP contribution in [-0.2, 0) is 5.41 Å². The van der Waals surface area contributed by atoms with Crippen molar-refractivity contribution < 1.29 is 0 Å². The molecule has 3 nitrogen and oxygen atoms in total. The van der Waals surface area contributed by atoms with Crippen LogP contribution in [0.15, 0.2) is 36.5 Å². The van der Waals surface area contributed by atoms with Crippen molar-refractivity contribution in [1.29, 1.82) is 0 Å². The molecule has 0 saturated heterocycles. The van der Waals surface area contributed by atoms with Crippen molar-refractivity contribution in [3.8, 4) is 11.4 Å². The van der Waals surface area contributed by atoms with Crippen LogP contribution >= 0.6 is 0 Å². The van der Waals surface area contributed by atoms with Gasteiger partial charge in [0.2, 0.25) is 0 Å². The Morgan fingerprint density at radius 2 is 1.90 bits per heavy atom. The summed E-state index contributed by atoms with van der Waals surface area (Å²) in [6, 6.07) is 10.4. The summed E-state index contributed by atoms with van der Waals surface area (Å²) in [4.78, 5) is 12.5. The van der Waals surface area contributed by atoms with Gasteiger partial charge in [0.15, 0.2) is 0 Å². The van der Waals surface area contributed by atoms with E-state index in [1.807, 2.05) is 12.3 Å². The molecule has 0 amide bonds. The molecule has 0 spiro atoms. The van der Waals surface area contributed by atoms with Crippen molar-refractivity contribution in [3.63, 3.8) is 0 Å². The fourth-order valence-electron chi connectivity index (χ4n) is 2.31. The molecule has 0 aliphatic carbocycles. The van der Waals surface area contributed by atoms with Crippen molar-refractivity contribution in [2.75, 3.05) is 0 Å². The van der Waals surface area contributed by atoms with Gasteiger partial charge in [-0.3, -0.25) is 0 Å². The molecule has 0 saturated carbocycles. The van der Waals surface area contributed by atoms with Gasteiger partial charge in [0, 0.05) is 22.5 Å². The number of aromatic nitrogens is 3. The Morgan fingerprint density at radius 1 is 1.10 bits per heavy atom. The van der Waals surface area contributed by atoms with Crippen LogP contribution in [-0.4, -0.2) is 15.0 Å². The summed E-state index contributed by atoms with van der Waals surface area (Å²) in [5, 5.41) is 1.25. The van der Waals surface area contributed by atoms with Gasteiger partial charge in [-0.05, 0) is 30.7 Å². The number of benzene rings is 1. The second-order valence-corrected chi connectivity index (χ2v) is 6.23. The summed E-state index contributed by atoms with van der Waals surface area (Å²) < 4.78 is 0. The molecule has 0 fully saturated rings. The number of hydrogen-bond donors (Lipinski definition) is 1. The van der Waals surface area contributed by atoms with Crippen LogP contribution in [0.4, 0.5) is 0 Å². The highest BCUT2D eigenvalue weighted by molar-refractivity contribution is 5.87. The van der Waals surface area contributed by atoms with E-state index in [1.54, 1.807) is 0 Å². The fraction of sp³-hybridized carbons (Fsp3) is 0.294. The van der Waals surface area contributed by atoms with Gasteiger partial charge in [0.25, 0.3) is 0 Å². The van der Waals surface area contributed by atoms with Gasteiger partial charge in [0.1, 0.15) is 5.82 Å². The zero-order valence-corrected chi connectivity index (χ0v) is 12.4. The van der Waals surface area contributed by atoms with E-state index in [-0.39, 0.29) is 5.41 Å². The molecule has 3 rings (SSSR count). The van der Waals surface area contributed by atoms with Crippen LogP contribution in [0, 0.1) is 6.92 Å². The molecule has 2 aromatic heterocycles. The Bertz CT molecular complexity index is 763. The third-order valence-electron chi connectivity index (χ3n) is 3.48. The Balaban J connectivity index is 2.14. The maximum absolute atomic E-state index is 4.70. The van der Waals surface area contributed by atoms with E-state index >= 15 is 0 Å². The SMILES string of the molecule is Cc1cccc2[nH]c(-c3ccnc(C(C)(C)C)n3)cc12. The molecular weight excluding hydrogens is 246 g/mol. The molecular formula is C17H19N3. The number of H-pyrrole nitrogens is 1. The lowest BCUT2D eigenvalue weighted by Gasteiger charge is -2.16. The average molecular weight is 265 g/mol.